The molecule has 2 aromatic rings. The van der Waals surface area contributed by atoms with E-state index in [4.69, 9.17) is 4.09 Å². The van der Waals surface area contributed by atoms with Crippen LogP contribution in [-0.2, 0) is 4.09 Å². The summed E-state index contributed by atoms with van der Waals surface area (Å²) in [6, 6.07) is 9.07. The molecule has 0 unspecified atom stereocenters. The molecule has 0 aliphatic heterocycles. The number of hydrogen-bond acceptors (Lipinski definition) is 0. The standard InChI is InChI=1S/C20H26OSi/c1-8-21-22(19-15(4)9-13(2)10-16(19)5)20-17(6)11-14(3)12-18(20)7/h8-12H,1-7H3. The van der Waals surface area contributed by atoms with E-state index in [0.717, 1.165) is 0 Å². The molecular formula is C20H26OSi. The fourth-order valence-electron chi connectivity index (χ4n) is 3.44. The van der Waals surface area contributed by atoms with Crippen molar-refractivity contribution >= 4 is 19.1 Å². The summed E-state index contributed by atoms with van der Waals surface area (Å²) in [4.78, 5) is 0. The van der Waals surface area contributed by atoms with Crippen LogP contribution in [0.4, 0.5) is 0 Å². The third kappa shape index (κ3) is 3.22. The molecule has 116 valence electrons. The topological polar surface area (TPSA) is 11.3 Å². The molecule has 1 nitrogen and oxygen atoms in total. The molecule has 2 heteroatoms. The Morgan fingerprint density at radius 3 is 1.27 bits per heavy atom. The largest absolute Gasteiger partial charge is 0.568 e. The molecule has 0 heterocycles. The second kappa shape index (κ2) is 6.61. The molecule has 22 heavy (non-hydrogen) atoms. The van der Waals surface area contributed by atoms with Crippen molar-refractivity contribution in [1.82, 2.24) is 0 Å². The monoisotopic (exact) mass is 310 g/mol. The molecule has 0 bridgehead atoms. The van der Waals surface area contributed by atoms with Crippen LogP contribution in [0.1, 0.15) is 40.3 Å². The van der Waals surface area contributed by atoms with Crippen LogP contribution in [-0.4, -0.2) is 8.68 Å². The van der Waals surface area contributed by atoms with Gasteiger partial charge in [-0.15, -0.1) is 0 Å². The summed E-state index contributed by atoms with van der Waals surface area (Å²) >= 11 is 0. The van der Waals surface area contributed by atoms with E-state index in [1.165, 1.54) is 43.8 Å². The lowest BCUT2D eigenvalue weighted by Gasteiger charge is -2.12. The summed E-state index contributed by atoms with van der Waals surface area (Å²) in [6.45, 7) is 17.0. The van der Waals surface area contributed by atoms with Crippen molar-refractivity contribution in [3.63, 3.8) is 0 Å². The van der Waals surface area contributed by atoms with Crippen LogP contribution in [0.3, 0.4) is 0 Å². The number of rotatable bonds is 3. The van der Waals surface area contributed by atoms with E-state index >= 15 is 0 Å². The van der Waals surface area contributed by atoms with E-state index in [1.54, 1.807) is 0 Å². The molecule has 0 saturated heterocycles. The van der Waals surface area contributed by atoms with Crippen molar-refractivity contribution in [2.24, 2.45) is 0 Å². The lowest BCUT2D eigenvalue weighted by molar-refractivity contribution is 0.202. The van der Waals surface area contributed by atoms with Gasteiger partial charge >= 0.3 is 8.68 Å². The quantitative estimate of drug-likeness (QED) is 0.464. The molecule has 0 aliphatic rings. The van der Waals surface area contributed by atoms with Crippen molar-refractivity contribution < 1.29 is 4.09 Å². The molecule has 2 rings (SSSR count). The third-order valence-electron chi connectivity index (χ3n) is 4.04. The zero-order valence-corrected chi connectivity index (χ0v) is 15.8. The molecular weight excluding hydrogens is 284 g/mol. The number of hydrogen-bond donors (Lipinski definition) is 0. The van der Waals surface area contributed by atoms with E-state index in [1.807, 2.05) is 13.5 Å². The van der Waals surface area contributed by atoms with E-state index in [9.17, 15) is 0 Å². The minimum absolute atomic E-state index is 1.26. The van der Waals surface area contributed by atoms with Crippen LogP contribution >= 0.6 is 0 Å². The summed E-state index contributed by atoms with van der Waals surface area (Å²) in [5.41, 5.74) is 8.00. The number of aryl methyl sites for hydroxylation is 6. The Balaban J connectivity index is 2.77. The van der Waals surface area contributed by atoms with E-state index in [2.05, 4.69) is 65.8 Å². The van der Waals surface area contributed by atoms with Gasteiger partial charge in [-0.1, -0.05) is 42.3 Å². The lowest BCUT2D eigenvalue weighted by atomic mass is 10.1. The second-order valence-electron chi connectivity index (χ2n) is 6.23. The SMILES string of the molecule is C[CH-][O+]=[Si](c1c(C)cc(C)cc1C)c1c(C)cc(C)cc1C. The average molecular weight is 311 g/mol. The van der Waals surface area contributed by atoms with Crippen molar-refractivity contribution in [3.05, 3.63) is 64.3 Å². The predicted octanol–water partition coefficient (Wildman–Crippen LogP) is 3.79. The highest BCUT2D eigenvalue weighted by atomic mass is 28.3. The zero-order chi connectivity index (χ0) is 16.4. The minimum Gasteiger partial charge on any atom is -0.514 e. The van der Waals surface area contributed by atoms with Crippen molar-refractivity contribution in [2.45, 2.75) is 48.5 Å². The van der Waals surface area contributed by atoms with Crippen LogP contribution in [0.5, 0.6) is 0 Å². The minimum atomic E-state index is -1.26. The Kier molecular flexibility index (Phi) is 5.02. The number of benzene rings is 2. The molecule has 0 spiro atoms. The van der Waals surface area contributed by atoms with Gasteiger partial charge < -0.3 is 4.09 Å². The highest BCUT2D eigenvalue weighted by molar-refractivity contribution is 6.74. The van der Waals surface area contributed by atoms with Crippen LogP contribution in [0.25, 0.3) is 0 Å². The van der Waals surface area contributed by atoms with Gasteiger partial charge in [-0.25, -0.2) is 0 Å². The Morgan fingerprint density at radius 2 is 1.00 bits per heavy atom. The van der Waals surface area contributed by atoms with Crippen LogP contribution in [0.2, 0.25) is 0 Å². The first-order valence-electron chi connectivity index (χ1n) is 7.83. The van der Waals surface area contributed by atoms with Crippen molar-refractivity contribution in [1.29, 1.82) is 0 Å². The predicted molar refractivity (Wildman–Crippen MR) is 97.0 cm³/mol. The molecule has 0 N–H and O–H groups in total. The van der Waals surface area contributed by atoms with E-state index in [0.29, 0.717) is 0 Å². The van der Waals surface area contributed by atoms with Gasteiger partial charge in [0.25, 0.3) is 0 Å². The van der Waals surface area contributed by atoms with E-state index < -0.39 is 8.68 Å². The van der Waals surface area contributed by atoms with Crippen molar-refractivity contribution in [2.75, 3.05) is 0 Å². The van der Waals surface area contributed by atoms with Gasteiger partial charge in [0.15, 0.2) is 0 Å². The summed E-state index contributed by atoms with van der Waals surface area (Å²) in [6.07, 6.45) is 0. The first-order chi connectivity index (χ1) is 10.3. The molecule has 0 radical (unpaired) electrons. The maximum Gasteiger partial charge on any atom is 0.568 e. The van der Waals surface area contributed by atoms with Gasteiger partial charge in [-0.2, -0.15) is 0 Å². The maximum atomic E-state index is 6.19. The van der Waals surface area contributed by atoms with E-state index in [-0.39, 0.29) is 0 Å². The molecule has 2 aromatic carbocycles. The smallest absolute Gasteiger partial charge is 0.514 e. The lowest BCUT2D eigenvalue weighted by Crippen LogP contribution is -2.41. The maximum absolute atomic E-state index is 6.19. The average Bonchev–Trinajstić information content (AvgIpc) is 2.36. The normalized spacial score (nSPS) is 10.5. The molecule has 0 saturated carbocycles. The van der Waals surface area contributed by atoms with Gasteiger partial charge in [0.05, 0.1) is 10.4 Å². The fourth-order valence-corrected chi connectivity index (χ4v) is 5.88. The first-order valence-corrected chi connectivity index (χ1v) is 9.23. The summed E-state index contributed by atoms with van der Waals surface area (Å²) < 4.78 is 6.19. The Labute approximate surface area is 136 Å². The fraction of sp³-hybridized carbons (Fsp3) is 0.350. The summed E-state index contributed by atoms with van der Waals surface area (Å²) in [7, 11) is -1.26. The second-order valence-corrected chi connectivity index (χ2v) is 8.12. The van der Waals surface area contributed by atoms with Crippen LogP contribution < -0.4 is 10.4 Å². The van der Waals surface area contributed by atoms with Gasteiger partial charge in [0.2, 0.25) is 0 Å². The molecule has 0 amide bonds. The van der Waals surface area contributed by atoms with Crippen LogP contribution in [0.15, 0.2) is 24.3 Å². The highest BCUT2D eigenvalue weighted by Gasteiger charge is 2.30. The third-order valence-corrected chi connectivity index (χ3v) is 7.00. The summed E-state index contributed by atoms with van der Waals surface area (Å²) in [5.74, 6) is 0. The molecule has 0 aromatic heterocycles. The van der Waals surface area contributed by atoms with Gasteiger partial charge in [-0.3, -0.25) is 0 Å². The zero-order valence-electron chi connectivity index (χ0n) is 14.8. The van der Waals surface area contributed by atoms with Crippen LogP contribution in [0, 0.1) is 48.1 Å². The Hall–Kier alpha value is -1.67. The highest BCUT2D eigenvalue weighted by Crippen LogP contribution is 2.10. The molecule has 0 atom stereocenters. The Morgan fingerprint density at radius 1 is 0.682 bits per heavy atom. The molecule has 0 fully saturated rings. The van der Waals surface area contributed by atoms with Gasteiger partial charge in [0.1, 0.15) is 0 Å². The summed E-state index contributed by atoms with van der Waals surface area (Å²) in [5, 5.41) is 2.78. The molecule has 0 aliphatic carbocycles. The Bertz CT molecular complexity index is 636. The first kappa shape index (κ1) is 16.7. The van der Waals surface area contributed by atoms with Crippen molar-refractivity contribution in [3.8, 4) is 0 Å². The van der Waals surface area contributed by atoms with Gasteiger partial charge in [-0.05, 0) is 70.4 Å². The van der Waals surface area contributed by atoms with Gasteiger partial charge in [0, 0.05) is 0 Å².